The van der Waals surface area contributed by atoms with Gasteiger partial charge in [0.2, 0.25) is 0 Å². The molecule has 0 aromatic carbocycles. The lowest BCUT2D eigenvalue weighted by Gasteiger charge is -2.08. The highest BCUT2D eigenvalue weighted by molar-refractivity contribution is 5.81. The normalized spacial score (nSPS) is 11.6. The minimum absolute atomic E-state index is 0.546. The highest BCUT2D eigenvalue weighted by Crippen LogP contribution is 2.28. The Labute approximate surface area is 90.9 Å². The van der Waals surface area contributed by atoms with Crippen LogP contribution in [0.2, 0.25) is 0 Å². The van der Waals surface area contributed by atoms with Gasteiger partial charge in [-0.2, -0.15) is 0 Å². The molecule has 0 aliphatic carbocycles. The molecule has 0 saturated carbocycles. The van der Waals surface area contributed by atoms with Gasteiger partial charge in [0, 0.05) is 18.4 Å². The maximum Gasteiger partial charge on any atom is 0.0916 e. The second-order valence-corrected chi connectivity index (χ2v) is 4.54. The average Bonchev–Trinajstić information content (AvgIpc) is 2.39. The minimum atomic E-state index is 0.546. The molecule has 2 rings (SSSR count). The Morgan fingerprint density at radius 3 is 2.47 bits per heavy atom. The van der Waals surface area contributed by atoms with E-state index in [4.69, 9.17) is 0 Å². The summed E-state index contributed by atoms with van der Waals surface area (Å²) in [6.45, 7) is 8.67. The van der Waals surface area contributed by atoms with Crippen molar-refractivity contribution in [1.82, 2.24) is 9.55 Å². The largest absolute Gasteiger partial charge is 0.346 e. The van der Waals surface area contributed by atoms with Crippen LogP contribution < -0.4 is 0 Å². The van der Waals surface area contributed by atoms with E-state index in [1.165, 1.54) is 16.8 Å². The smallest absolute Gasteiger partial charge is 0.0916 e. The molecule has 0 aliphatic heterocycles. The van der Waals surface area contributed by atoms with Gasteiger partial charge in [-0.15, -0.1) is 0 Å². The molecule has 15 heavy (non-hydrogen) atoms. The molecular weight excluding hydrogens is 184 g/mol. The Morgan fingerprint density at radius 1 is 1.20 bits per heavy atom. The lowest BCUT2D eigenvalue weighted by molar-refractivity contribution is 0.748. The highest BCUT2D eigenvalue weighted by atomic mass is 15.0. The van der Waals surface area contributed by atoms with Crippen molar-refractivity contribution in [2.45, 2.75) is 33.6 Å². The number of nitrogens with zero attached hydrogens (tertiary/aromatic N) is 2. The number of hydrogen-bond acceptors (Lipinski definition) is 1. The van der Waals surface area contributed by atoms with Gasteiger partial charge in [0.1, 0.15) is 0 Å². The monoisotopic (exact) mass is 202 g/mol. The zero-order valence-corrected chi connectivity index (χ0v) is 10.1. The zero-order valence-electron chi connectivity index (χ0n) is 10.1. The van der Waals surface area contributed by atoms with Crippen molar-refractivity contribution in [3.63, 3.8) is 0 Å². The van der Waals surface area contributed by atoms with Crippen molar-refractivity contribution >= 4 is 11.0 Å². The quantitative estimate of drug-likeness (QED) is 0.693. The van der Waals surface area contributed by atoms with Gasteiger partial charge in [-0.3, -0.25) is 4.98 Å². The number of pyridine rings is 1. The van der Waals surface area contributed by atoms with Gasteiger partial charge in [0.15, 0.2) is 0 Å². The highest BCUT2D eigenvalue weighted by Gasteiger charge is 2.14. The fourth-order valence-corrected chi connectivity index (χ4v) is 2.42. The van der Waals surface area contributed by atoms with Gasteiger partial charge in [-0.25, -0.2) is 0 Å². The molecule has 0 atom stereocenters. The second-order valence-electron chi connectivity index (χ2n) is 4.54. The van der Waals surface area contributed by atoms with Crippen molar-refractivity contribution in [2.24, 2.45) is 7.05 Å². The van der Waals surface area contributed by atoms with E-state index in [-0.39, 0.29) is 0 Å². The fourth-order valence-electron chi connectivity index (χ4n) is 2.42. The van der Waals surface area contributed by atoms with Gasteiger partial charge in [0.05, 0.1) is 11.0 Å². The predicted octanol–water partition coefficient (Wildman–Crippen LogP) is 3.31. The van der Waals surface area contributed by atoms with Crippen LogP contribution >= 0.6 is 0 Å². The molecule has 0 unspecified atom stereocenters. The maximum absolute atomic E-state index is 4.62. The Morgan fingerprint density at radius 2 is 1.87 bits per heavy atom. The van der Waals surface area contributed by atoms with Gasteiger partial charge in [-0.1, -0.05) is 13.8 Å². The molecule has 0 saturated heterocycles. The Hall–Kier alpha value is -1.31. The molecule has 0 fully saturated rings. The third-order valence-corrected chi connectivity index (χ3v) is 3.02. The summed E-state index contributed by atoms with van der Waals surface area (Å²) >= 11 is 0. The van der Waals surface area contributed by atoms with E-state index >= 15 is 0 Å². The lowest BCUT2D eigenvalue weighted by atomic mass is 10.1. The predicted molar refractivity (Wildman–Crippen MR) is 64.3 cm³/mol. The molecule has 0 amide bonds. The van der Waals surface area contributed by atoms with Crippen LogP contribution in [-0.2, 0) is 7.05 Å². The van der Waals surface area contributed by atoms with Crippen LogP contribution in [0.1, 0.15) is 36.7 Å². The zero-order chi connectivity index (χ0) is 11.2. The van der Waals surface area contributed by atoms with E-state index in [1.54, 1.807) is 0 Å². The first kappa shape index (κ1) is 10.2. The first-order valence-electron chi connectivity index (χ1n) is 5.45. The Balaban J connectivity index is 2.85. The Bertz CT molecular complexity index is 507. The summed E-state index contributed by atoms with van der Waals surface area (Å²) in [6.07, 6.45) is 0. The van der Waals surface area contributed by atoms with Crippen LogP contribution in [0.15, 0.2) is 12.1 Å². The number of aryl methyl sites for hydroxylation is 3. The molecule has 0 bridgehead atoms. The van der Waals surface area contributed by atoms with Gasteiger partial charge in [-0.05, 0) is 37.5 Å². The summed E-state index contributed by atoms with van der Waals surface area (Å²) in [5.74, 6) is 0.546. The lowest BCUT2D eigenvalue weighted by Crippen LogP contribution is -1.99. The molecule has 2 nitrogen and oxygen atoms in total. The average molecular weight is 202 g/mol. The molecule has 2 aromatic heterocycles. The fraction of sp³-hybridized carbons (Fsp3) is 0.462. The van der Waals surface area contributed by atoms with Crippen molar-refractivity contribution in [2.75, 3.05) is 0 Å². The molecule has 2 heterocycles. The summed E-state index contributed by atoms with van der Waals surface area (Å²) < 4.78 is 2.27. The van der Waals surface area contributed by atoms with Crippen LogP contribution in [0.3, 0.4) is 0 Å². The number of aromatic nitrogens is 2. The summed E-state index contributed by atoms with van der Waals surface area (Å²) in [4.78, 5) is 4.62. The maximum atomic E-state index is 4.62. The first-order valence-corrected chi connectivity index (χ1v) is 5.45. The van der Waals surface area contributed by atoms with Gasteiger partial charge >= 0.3 is 0 Å². The van der Waals surface area contributed by atoms with Crippen LogP contribution in [0.5, 0.6) is 0 Å². The Kier molecular flexibility index (Phi) is 2.29. The third-order valence-electron chi connectivity index (χ3n) is 3.02. The van der Waals surface area contributed by atoms with E-state index in [0.717, 1.165) is 11.2 Å². The number of hydrogen-bond donors (Lipinski definition) is 0. The second kappa shape index (κ2) is 3.37. The molecule has 2 aromatic rings. The van der Waals surface area contributed by atoms with Crippen molar-refractivity contribution < 1.29 is 0 Å². The van der Waals surface area contributed by atoms with E-state index in [0.29, 0.717) is 5.92 Å². The van der Waals surface area contributed by atoms with Crippen LogP contribution in [-0.4, -0.2) is 9.55 Å². The van der Waals surface area contributed by atoms with Crippen LogP contribution in [0.4, 0.5) is 0 Å². The van der Waals surface area contributed by atoms with E-state index in [1.807, 2.05) is 6.92 Å². The third kappa shape index (κ3) is 1.44. The van der Waals surface area contributed by atoms with Gasteiger partial charge in [0.25, 0.3) is 0 Å². The molecule has 0 spiro atoms. The van der Waals surface area contributed by atoms with Crippen molar-refractivity contribution in [3.05, 3.63) is 29.1 Å². The topological polar surface area (TPSA) is 17.8 Å². The standard InChI is InChI=1S/C13H18N2/c1-8(2)13-10(4)12-11(15(13)5)7-6-9(3)14-12/h6-8H,1-5H3. The minimum Gasteiger partial charge on any atom is -0.346 e. The molecule has 0 N–H and O–H groups in total. The van der Waals surface area contributed by atoms with Crippen molar-refractivity contribution in [3.8, 4) is 0 Å². The number of rotatable bonds is 1. The van der Waals surface area contributed by atoms with Crippen LogP contribution in [0.25, 0.3) is 11.0 Å². The molecule has 2 heteroatoms. The van der Waals surface area contributed by atoms with E-state index in [9.17, 15) is 0 Å². The first-order chi connectivity index (χ1) is 7.02. The molecule has 80 valence electrons. The summed E-state index contributed by atoms with van der Waals surface area (Å²) in [5, 5.41) is 0. The van der Waals surface area contributed by atoms with Crippen molar-refractivity contribution in [1.29, 1.82) is 0 Å². The summed E-state index contributed by atoms with van der Waals surface area (Å²) in [7, 11) is 2.13. The SMILES string of the molecule is Cc1ccc2c(n1)c(C)c(C(C)C)n2C. The van der Waals surface area contributed by atoms with E-state index in [2.05, 4.69) is 49.5 Å². The molecular formula is C13H18N2. The van der Waals surface area contributed by atoms with Gasteiger partial charge < -0.3 is 4.57 Å². The number of fused-ring (bicyclic) bond motifs is 1. The summed E-state index contributed by atoms with van der Waals surface area (Å²) in [5.41, 5.74) is 6.20. The molecule has 0 radical (unpaired) electrons. The van der Waals surface area contributed by atoms with Crippen LogP contribution in [0, 0.1) is 13.8 Å². The molecule has 0 aliphatic rings. The van der Waals surface area contributed by atoms with E-state index < -0.39 is 0 Å². The summed E-state index contributed by atoms with van der Waals surface area (Å²) in [6, 6.07) is 4.24.